The maximum absolute atomic E-state index is 11.4. The predicted molar refractivity (Wildman–Crippen MR) is 50.6 cm³/mol. The molecular weight excluding hydrogens is 206 g/mol. The summed E-state index contributed by atoms with van der Waals surface area (Å²) in [6.07, 6.45) is -2.79. The highest BCUT2D eigenvalue weighted by Crippen LogP contribution is 2.32. The molecule has 0 aromatic carbocycles. The zero-order valence-corrected chi connectivity index (χ0v) is 8.35. The molecule has 0 spiro atoms. The lowest BCUT2D eigenvalue weighted by atomic mass is 10.0. The van der Waals surface area contributed by atoms with E-state index in [1.54, 1.807) is 0 Å². The Morgan fingerprint density at radius 3 is 2.71 bits per heavy atom. The SMILES string of the molecule is O=C1CCS[C@@H]2[C@H](O)[C@H](O)[C@H](O)CN12. The Labute approximate surface area is 85.7 Å². The van der Waals surface area contributed by atoms with Gasteiger partial charge in [-0.25, -0.2) is 0 Å². The lowest BCUT2D eigenvalue weighted by Gasteiger charge is -2.45. The number of carbonyl (C=O) groups is 1. The summed E-state index contributed by atoms with van der Waals surface area (Å²) in [5, 5.41) is 28.1. The van der Waals surface area contributed by atoms with Crippen molar-refractivity contribution in [2.45, 2.75) is 30.1 Å². The molecule has 2 fully saturated rings. The van der Waals surface area contributed by atoms with Gasteiger partial charge >= 0.3 is 0 Å². The number of aliphatic hydroxyl groups is 3. The molecule has 0 bridgehead atoms. The second-order valence-corrected chi connectivity index (χ2v) is 4.83. The van der Waals surface area contributed by atoms with E-state index in [0.717, 1.165) is 0 Å². The second kappa shape index (κ2) is 3.69. The Bertz CT molecular complexity index is 249. The van der Waals surface area contributed by atoms with Crippen molar-refractivity contribution in [2.24, 2.45) is 0 Å². The summed E-state index contributed by atoms with van der Waals surface area (Å²) in [6.45, 7) is 0.120. The van der Waals surface area contributed by atoms with E-state index in [-0.39, 0.29) is 12.5 Å². The third kappa shape index (κ3) is 1.52. The summed E-state index contributed by atoms with van der Waals surface area (Å²) < 4.78 is 0. The van der Waals surface area contributed by atoms with E-state index in [1.807, 2.05) is 0 Å². The van der Waals surface area contributed by atoms with Gasteiger partial charge in [-0.2, -0.15) is 0 Å². The van der Waals surface area contributed by atoms with Gasteiger partial charge in [0.2, 0.25) is 5.91 Å². The quantitative estimate of drug-likeness (QED) is 0.456. The number of aliphatic hydroxyl groups excluding tert-OH is 3. The summed E-state index contributed by atoms with van der Waals surface area (Å²) in [4.78, 5) is 12.9. The van der Waals surface area contributed by atoms with Crippen molar-refractivity contribution in [1.29, 1.82) is 0 Å². The van der Waals surface area contributed by atoms with Crippen molar-refractivity contribution in [3.63, 3.8) is 0 Å². The number of piperidine rings is 1. The molecular formula is C8H13NO4S. The van der Waals surface area contributed by atoms with Gasteiger partial charge in [0.05, 0.1) is 6.54 Å². The number of nitrogens with zero attached hydrogens (tertiary/aromatic N) is 1. The Morgan fingerprint density at radius 2 is 2.00 bits per heavy atom. The van der Waals surface area contributed by atoms with E-state index >= 15 is 0 Å². The van der Waals surface area contributed by atoms with Crippen LogP contribution in [-0.4, -0.2) is 62.1 Å². The van der Waals surface area contributed by atoms with Gasteiger partial charge in [-0.3, -0.25) is 4.79 Å². The maximum Gasteiger partial charge on any atom is 0.224 e. The van der Waals surface area contributed by atoms with Crippen molar-refractivity contribution in [1.82, 2.24) is 4.90 Å². The van der Waals surface area contributed by atoms with Crippen LogP contribution in [0.1, 0.15) is 6.42 Å². The topological polar surface area (TPSA) is 81.0 Å². The minimum atomic E-state index is -1.14. The van der Waals surface area contributed by atoms with Gasteiger partial charge in [0.1, 0.15) is 23.7 Å². The van der Waals surface area contributed by atoms with Crippen molar-refractivity contribution >= 4 is 17.7 Å². The third-order valence-corrected chi connectivity index (χ3v) is 3.97. The first kappa shape index (κ1) is 10.2. The highest BCUT2D eigenvalue weighted by atomic mass is 32.2. The van der Waals surface area contributed by atoms with Crippen LogP contribution in [0.3, 0.4) is 0 Å². The van der Waals surface area contributed by atoms with Crippen LogP contribution in [-0.2, 0) is 4.79 Å². The highest BCUT2D eigenvalue weighted by molar-refractivity contribution is 8.00. The minimum absolute atomic E-state index is 0.0567. The number of fused-ring (bicyclic) bond motifs is 1. The Morgan fingerprint density at radius 1 is 1.29 bits per heavy atom. The minimum Gasteiger partial charge on any atom is -0.388 e. The molecule has 5 nitrogen and oxygen atoms in total. The molecule has 0 aliphatic carbocycles. The number of amides is 1. The number of hydrogen-bond acceptors (Lipinski definition) is 5. The molecule has 0 saturated carbocycles. The van der Waals surface area contributed by atoms with Crippen molar-refractivity contribution in [3.8, 4) is 0 Å². The fraction of sp³-hybridized carbons (Fsp3) is 0.875. The monoisotopic (exact) mass is 219 g/mol. The summed E-state index contributed by atoms with van der Waals surface area (Å²) >= 11 is 1.45. The lowest BCUT2D eigenvalue weighted by molar-refractivity contribution is -0.153. The first-order chi connectivity index (χ1) is 6.61. The van der Waals surface area contributed by atoms with Crippen LogP contribution >= 0.6 is 11.8 Å². The molecule has 2 heterocycles. The van der Waals surface area contributed by atoms with Crippen LogP contribution in [0.2, 0.25) is 0 Å². The molecule has 0 aromatic heterocycles. The fourth-order valence-corrected chi connectivity index (χ4v) is 3.11. The Kier molecular flexibility index (Phi) is 2.70. The van der Waals surface area contributed by atoms with Crippen molar-refractivity contribution < 1.29 is 20.1 Å². The smallest absolute Gasteiger partial charge is 0.224 e. The van der Waals surface area contributed by atoms with E-state index in [9.17, 15) is 20.1 Å². The number of hydrogen-bond donors (Lipinski definition) is 3. The van der Waals surface area contributed by atoms with Crippen LogP contribution in [0.25, 0.3) is 0 Å². The van der Waals surface area contributed by atoms with Crippen LogP contribution in [0, 0.1) is 0 Å². The zero-order valence-electron chi connectivity index (χ0n) is 7.54. The second-order valence-electron chi connectivity index (χ2n) is 3.61. The summed E-state index contributed by atoms with van der Waals surface area (Å²) in [6, 6.07) is 0. The van der Waals surface area contributed by atoms with E-state index in [4.69, 9.17) is 0 Å². The Hall–Kier alpha value is -0.300. The molecule has 2 rings (SSSR count). The lowest BCUT2D eigenvalue weighted by Crippen LogP contribution is -2.62. The maximum atomic E-state index is 11.4. The molecule has 2 aliphatic heterocycles. The zero-order chi connectivity index (χ0) is 10.3. The molecule has 3 N–H and O–H groups in total. The molecule has 14 heavy (non-hydrogen) atoms. The van der Waals surface area contributed by atoms with E-state index in [0.29, 0.717) is 12.2 Å². The molecule has 0 unspecified atom stereocenters. The molecule has 2 saturated heterocycles. The van der Waals surface area contributed by atoms with E-state index < -0.39 is 23.7 Å². The molecule has 2 aliphatic rings. The van der Waals surface area contributed by atoms with Crippen LogP contribution in [0.4, 0.5) is 0 Å². The van der Waals surface area contributed by atoms with E-state index in [1.165, 1.54) is 16.7 Å². The van der Waals surface area contributed by atoms with Gasteiger partial charge in [-0.1, -0.05) is 0 Å². The molecule has 6 heteroatoms. The van der Waals surface area contributed by atoms with Gasteiger partial charge < -0.3 is 20.2 Å². The van der Waals surface area contributed by atoms with Gasteiger partial charge in [-0.15, -0.1) is 11.8 Å². The van der Waals surface area contributed by atoms with Crippen LogP contribution in [0.5, 0.6) is 0 Å². The normalized spacial score (nSPS) is 43.6. The fourth-order valence-electron chi connectivity index (χ4n) is 1.84. The van der Waals surface area contributed by atoms with Gasteiger partial charge in [-0.05, 0) is 0 Å². The summed E-state index contributed by atoms with van der Waals surface area (Å²) in [5.74, 6) is 0.610. The standard InChI is InChI=1S/C8H13NO4S/c10-4-3-9-5(11)1-2-14-8(9)7(13)6(4)12/h4,6-8,10,12-13H,1-3H2/t4-,6-,7-,8-/m1/s1. The molecule has 4 atom stereocenters. The molecule has 0 radical (unpaired) electrons. The Balaban J connectivity index is 2.17. The average molecular weight is 219 g/mol. The number of carbonyl (C=O) groups excluding carboxylic acids is 1. The van der Waals surface area contributed by atoms with Crippen LogP contribution < -0.4 is 0 Å². The van der Waals surface area contributed by atoms with Gasteiger partial charge in [0.25, 0.3) is 0 Å². The third-order valence-electron chi connectivity index (χ3n) is 2.65. The summed E-state index contributed by atoms with van der Waals surface area (Å²) in [5.41, 5.74) is 0. The van der Waals surface area contributed by atoms with Gasteiger partial charge in [0, 0.05) is 12.2 Å². The largest absolute Gasteiger partial charge is 0.388 e. The average Bonchev–Trinajstić information content (AvgIpc) is 2.17. The molecule has 0 aromatic rings. The number of rotatable bonds is 0. The molecule has 80 valence electrons. The number of thioether (sulfide) groups is 1. The van der Waals surface area contributed by atoms with Gasteiger partial charge in [0.15, 0.2) is 0 Å². The molecule has 1 amide bonds. The van der Waals surface area contributed by atoms with Crippen LogP contribution in [0.15, 0.2) is 0 Å². The summed E-state index contributed by atoms with van der Waals surface area (Å²) in [7, 11) is 0. The predicted octanol–water partition coefficient (Wildman–Crippen LogP) is -1.63. The van der Waals surface area contributed by atoms with Crippen molar-refractivity contribution in [3.05, 3.63) is 0 Å². The highest BCUT2D eigenvalue weighted by Gasteiger charge is 2.45. The first-order valence-electron chi connectivity index (χ1n) is 4.56. The van der Waals surface area contributed by atoms with E-state index in [2.05, 4.69) is 0 Å². The van der Waals surface area contributed by atoms with Crippen molar-refractivity contribution in [2.75, 3.05) is 12.3 Å². The first-order valence-corrected chi connectivity index (χ1v) is 5.61.